The number of anilines is 1. The molecule has 1 heterocycles. The lowest BCUT2D eigenvalue weighted by molar-refractivity contribution is -0.136. The van der Waals surface area contributed by atoms with Crippen LogP contribution >= 0.6 is 0 Å². The Morgan fingerprint density at radius 1 is 1.14 bits per heavy atom. The average molecular weight is 389 g/mol. The van der Waals surface area contributed by atoms with Crippen LogP contribution in [0.1, 0.15) is 50.4 Å². The molecule has 7 nitrogen and oxygen atoms in total. The van der Waals surface area contributed by atoms with E-state index in [0.29, 0.717) is 36.9 Å². The molecule has 3 amide bonds. The zero-order valence-corrected chi connectivity index (χ0v) is 17.2. The maximum absolute atomic E-state index is 12.4. The van der Waals surface area contributed by atoms with Crippen molar-refractivity contribution in [3.8, 4) is 0 Å². The molecule has 1 aromatic rings. The number of nitrogens with zero attached hydrogens (tertiary/aromatic N) is 2. The first-order valence-electron chi connectivity index (χ1n) is 10.2. The highest BCUT2D eigenvalue weighted by atomic mass is 16.2. The summed E-state index contributed by atoms with van der Waals surface area (Å²) in [5.74, 6) is -1.48. The summed E-state index contributed by atoms with van der Waals surface area (Å²) in [6, 6.07) is 7.18. The highest BCUT2D eigenvalue weighted by Crippen LogP contribution is 2.15. The van der Waals surface area contributed by atoms with E-state index < -0.39 is 11.8 Å². The van der Waals surface area contributed by atoms with Gasteiger partial charge in [0.15, 0.2) is 0 Å². The number of hydrogen-bond acceptors (Lipinski definition) is 4. The number of amides is 3. The lowest BCUT2D eigenvalue weighted by atomic mass is 10.0. The Morgan fingerprint density at radius 2 is 1.89 bits per heavy atom. The van der Waals surface area contributed by atoms with Gasteiger partial charge in [-0.1, -0.05) is 12.5 Å². The fraction of sp³-hybridized carbons (Fsp3) is 0.571. The van der Waals surface area contributed by atoms with E-state index in [1.165, 1.54) is 19.3 Å². The Morgan fingerprint density at radius 3 is 2.57 bits per heavy atom. The van der Waals surface area contributed by atoms with Gasteiger partial charge in [0.1, 0.15) is 0 Å². The van der Waals surface area contributed by atoms with Crippen molar-refractivity contribution < 1.29 is 14.4 Å². The molecular formula is C21H32N4O3. The molecule has 2 N–H and O–H groups in total. The van der Waals surface area contributed by atoms with Gasteiger partial charge in [-0.25, -0.2) is 0 Å². The van der Waals surface area contributed by atoms with Gasteiger partial charge in [0.25, 0.3) is 5.91 Å². The number of piperidine rings is 1. The smallest absolute Gasteiger partial charge is 0.313 e. The Kier molecular flexibility index (Phi) is 8.44. The van der Waals surface area contributed by atoms with Crippen LogP contribution in [-0.2, 0) is 9.59 Å². The van der Waals surface area contributed by atoms with Crippen molar-refractivity contribution in [2.24, 2.45) is 0 Å². The van der Waals surface area contributed by atoms with Gasteiger partial charge < -0.3 is 15.5 Å². The molecule has 1 aliphatic heterocycles. The third-order valence-corrected chi connectivity index (χ3v) is 5.25. The van der Waals surface area contributed by atoms with Crippen LogP contribution < -0.4 is 10.6 Å². The molecule has 1 aromatic carbocycles. The summed E-state index contributed by atoms with van der Waals surface area (Å²) in [5, 5.41) is 5.25. The Labute approximate surface area is 167 Å². The molecule has 154 valence electrons. The molecule has 0 spiro atoms. The summed E-state index contributed by atoms with van der Waals surface area (Å²) < 4.78 is 0. The van der Waals surface area contributed by atoms with E-state index in [-0.39, 0.29) is 5.91 Å². The van der Waals surface area contributed by atoms with Gasteiger partial charge in [0.2, 0.25) is 0 Å². The van der Waals surface area contributed by atoms with Gasteiger partial charge in [-0.3, -0.25) is 19.3 Å². The second-order valence-electron chi connectivity index (χ2n) is 7.15. The van der Waals surface area contributed by atoms with Crippen molar-refractivity contribution >= 4 is 23.4 Å². The van der Waals surface area contributed by atoms with Crippen LogP contribution in [0.5, 0.6) is 0 Å². The fourth-order valence-electron chi connectivity index (χ4n) is 3.49. The second-order valence-corrected chi connectivity index (χ2v) is 7.15. The van der Waals surface area contributed by atoms with Crippen molar-refractivity contribution in [3.05, 3.63) is 29.8 Å². The average Bonchev–Trinajstić information content (AvgIpc) is 2.70. The monoisotopic (exact) mass is 388 g/mol. The minimum Gasteiger partial charge on any atom is -0.347 e. The predicted octanol–water partition coefficient (Wildman–Crippen LogP) is 2.10. The van der Waals surface area contributed by atoms with Gasteiger partial charge >= 0.3 is 11.8 Å². The van der Waals surface area contributed by atoms with Gasteiger partial charge in [0.05, 0.1) is 0 Å². The minimum absolute atomic E-state index is 0.0961. The first-order chi connectivity index (χ1) is 13.5. The summed E-state index contributed by atoms with van der Waals surface area (Å²) >= 11 is 0. The van der Waals surface area contributed by atoms with Crippen molar-refractivity contribution in [3.63, 3.8) is 0 Å². The maximum Gasteiger partial charge on any atom is 0.313 e. The number of carbonyl (C=O) groups is 3. The SMILES string of the molecule is CCN(CC)C(=O)c1cccc(NC(=O)C(=O)NCCN2CCCCC2C)c1. The molecule has 1 fully saturated rings. The van der Waals surface area contributed by atoms with Crippen LogP contribution in [0.15, 0.2) is 24.3 Å². The Balaban J connectivity index is 1.85. The molecule has 7 heteroatoms. The Bertz CT molecular complexity index is 688. The number of rotatable bonds is 7. The van der Waals surface area contributed by atoms with E-state index in [1.54, 1.807) is 29.2 Å². The second kappa shape index (κ2) is 10.8. The summed E-state index contributed by atoms with van der Waals surface area (Å²) in [5.41, 5.74) is 0.920. The number of carbonyl (C=O) groups excluding carboxylic acids is 3. The van der Waals surface area contributed by atoms with E-state index in [1.807, 2.05) is 13.8 Å². The largest absolute Gasteiger partial charge is 0.347 e. The summed E-state index contributed by atoms with van der Waals surface area (Å²) in [7, 11) is 0. The number of nitrogens with one attached hydrogen (secondary N) is 2. The minimum atomic E-state index is -0.723. The molecule has 0 aromatic heterocycles. The van der Waals surface area contributed by atoms with Crippen LogP contribution in [0, 0.1) is 0 Å². The first-order valence-corrected chi connectivity index (χ1v) is 10.2. The topological polar surface area (TPSA) is 81.8 Å². The molecule has 1 saturated heterocycles. The predicted molar refractivity (Wildman–Crippen MR) is 110 cm³/mol. The zero-order chi connectivity index (χ0) is 20.5. The number of likely N-dealkylation sites (tertiary alicyclic amines) is 1. The van der Waals surface area contributed by atoms with E-state index >= 15 is 0 Å². The standard InChI is InChI=1S/C21H32N4O3/c1-4-24(5-2)21(28)17-10-8-11-18(15-17)23-20(27)19(26)22-12-14-25-13-7-6-9-16(25)3/h8,10-11,15-16H,4-7,9,12-14H2,1-3H3,(H,22,26)(H,23,27). The number of hydrogen-bond donors (Lipinski definition) is 2. The molecule has 0 aliphatic carbocycles. The molecule has 2 rings (SSSR count). The molecule has 1 aliphatic rings. The Hall–Kier alpha value is -2.41. The lowest BCUT2D eigenvalue weighted by Crippen LogP contribution is -2.44. The van der Waals surface area contributed by atoms with Crippen molar-refractivity contribution in [1.82, 2.24) is 15.1 Å². The maximum atomic E-state index is 12.4. The van der Waals surface area contributed by atoms with Crippen molar-refractivity contribution in [1.29, 1.82) is 0 Å². The van der Waals surface area contributed by atoms with Gasteiger partial charge in [0, 0.05) is 43.5 Å². The molecule has 1 atom stereocenters. The molecule has 0 saturated carbocycles. The summed E-state index contributed by atoms with van der Waals surface area (Å²) in [6.07, 6.45) is 3.61. The molecule has 1 unspecified atom stereocenters. The number of benzene rings is 1. The zero-order valence-electron chi connectivity index (χ0n) is 17.2. The third-order valence-electron chi connectivity index (χ3n) is 5.25. The van der Waals surface area contributed by atoms with E-state index in [4.69, 9.17) is 0 Å². The first kappa shape index (κ1) is 21.9. The fourth-order valence-corrected chi connectivity index (χ4v) is 3.49. The highest BCUT2D eigenvalue weighted by Gasteiger charge is 2.19. The van der Waals surface area contributed by atoms with Crippen LogP contribution in [0.3, 0.4) is 0 Å². The normalized spacial score (nSPS) is 17.0. The van der Waals surface area contributed by atoms with Crippen molar-refractivity contribution in [2.75, 3.05) is 38.0 Å². The van der Waals surface area contributed by atoms with Crippen molar-refractivity contribution in [2.45, 2.75) is 46.1 Å². The molecule has 0 bridgehead atoms. The van der Waals surface area contributed by atoms with Crippen LogP contribution in [0.2, 0.25) is 0 Å². The van der Waals surface area contributed by atoms with Gasteiger partial charge in [-0.2, -0.15) is 0 Å². The lowest BCUT2D eigenvalue weighted by Gasteiger charge is -2.33. The molecular weight excluding hydrogens is 356 g/mol. The van der Waals surface area contributed by atoms with Crippen LogP contribution in [0.4, 0.5) is 5.69 Å². The summed E-state index contributed by atoms with van der Waals surface area (Å²) in [6.45, 7) is 9.49. The quantitative estimate of drug-likeness (QED) is 0.701. The van der Waals surface area contributed by atoms with Gasteiger partial charge in [-0.15, -0.1) is 0 Å². The summed E-state index contributed by atoms with van der Waals surface area (Å²) in [4.78, 5) is 40.7. The van der Waals surface area contributed by atoms with Gasteiger partial charge in [-0.05, 0) is 58.4 Å². The van der Waals surface area contributed by atoms with E-state index in [2.05, 4.69) is 22.5 Å². The highest BCUT2D eigenvalue weighted by molar-refractivity contribution is 6.39. The molecule has 0 radical (unpaired) electrons. The van der Waals surface area contributed by atoms with Crippen LogP contribution in [0.25, 0.3) is 0 Å². The molecule has 28 heavy (non-hydrogen) atoms. The van der Waals surface area contributed by atoms with E-state index in [0.717, 1.165) is 13.1 Å². The van der Waals surface area contributed by atoms with E-state index in [9.17, 15) is 14.4 Å². The third kappa shape index (κ3) is 6.05. The van der Waals surface area contributed by atoms with Crippen LogP contribution in [-0.4, -0.2) is 66.3 Å².